The van der Waals surface area contributed by atoms with E-state index in [0.717, 1.165) is 24.7 Å². The molecule has 0 aromatic rings. The second-order valence-corrected chi connectivity index (χ2v) is 9.76. The van der Waals surface area contributed by atoms with Crippen LogP contribution in [0.5, 0.6) is 0 Å². The van der Waals surface area contributed by atoms with Crippen molar-refractivity contribution < 1.29 is 19.4 Å². The Labute approximate surface area is 167 Å². The molecule has 27 heavy (non-hydrogen) atoms. The van der Waals surface area contributed by atoms with Crippen molar-refractivity contribution in [3.63, 3.8) is 0 Å². The Bertz CT molecular complexity index is 419. The molecule has 0 bridgehead atoms. The van der Waals surface area contributed by atoms with E-state index in [0.29, 0.717) is 18.9 Å². The zero-order valence-corrected chi connectivity index (χ0v) is 18.6. The zero-order chi connectivity index (χ0) is 20.4. The number of hydrogen-bond acceptors (Lipinski definition) is 3. The maximum Gasteiger partial charge on any atom is 0.306 e. The van der Waals surface area contributed by atoms with E-state index < -0.39 is 11.8 Å². The van der Waals surface area contributed by atoms with Crippen LogP contribution in [0, 0.1) is 23.7 Å². The highest BCUT2D eigenvalue weighted by Gasteiger charge is 2.35. The summed E-state index contributed by atoms with van der Waals surface area (Å²) in [5.41, 5.74) is 0. The Morgan fingerprint density at radius 1 is 0.963 bits per heavy atom. The van der Waals surface area contributed by atoms with Gasteiger partial charge >= 0.3 is 5.97 Å². The summed E-state index contributed by atoms with van der Waals surface area (Å²) in [7, 11) is 0. The van der Waals surface area contributed by atoms with Crippen molar-refractivity contribution in [2.24, 2.45) is 23.7 Å². The van der Waals surface area contributed by atoms with Crippen LogP contribution in [-0.2, 0) is 14.3 Å². The minimum absolute atomic E-state index is 0.0944. The van der Waals surface area contributed by atoms with Crippen LogP contribution in [0.4, 0.5) is 0 Å². The molecule has 1 aliphatic rings. The molecule has 0 amide bonds. The predicted molar refractivity (Wildman–Crippen MR) is 111 cm³/mol. The summed E-state index contributed by atoms with van der Waals surface area (Å²) >= 11 is 0. The average Bonchev–Trinajstić information content (AvgIpc) is 2.89. The van der Waals surface area contributed by atoms with Gasteiger partial charge in [-0.15, -0.1) is 0 Å². The Hall–Kier alpha value is -0.610. The maximum atomic E-state index is 11.6. The van der Waals surface area contributed by atoms with Gasteiger partial charge in [0.15, 0.2) is 5.79 Å². The molecule has 4 unspecified atom stereocenters. The minimum Gasteiger partial charge on any atom is -0.481 e. The van der Waals surface area contributed by atoms with Crippen LogP contribution in [0.15, 0.2) is 0 Å². The molecular formula is C23H44O4. The van der Waals surface area contributed by atoms with E-state index in [1.54, 1.807) is 0 Å². The van der Waals surface area contributed by atoms with Gasteiger partial charge in [-0.25, -0.2) is 0 Å². The highest BCUT2D eigenvalue weighted by Crippen LogP contribution is 2.29. The van der Waals surface area contributed by atoms with Crippen molar-refractivity contribution in [3.05, 3.63) is 0 Å². The molecular weight excluding hydrogens is 340 g/mol. The van der Waals surface area contributed by atoms with Gasteiger partial charge in [0.1, 0.15) is 0 Å². The van der Waals surface area contributed by atoms with Gasteiger partial charge in [0, 0.05) is 0 Å². The van der Waals surface area contributed by atoms with Gasteiger partial charge < -0.3 is 14.6 Å². The van der Waals surface area contributed by atoms with Gasteiger partial charge in [-0.1, -0.05) is 66.2 Å². The molecule has 1 heterocycles. The molecule has 0 spiro atoms. The lowest BCUT2D eigenvalue weighted by molar-refractivity contribution is -0.150. The number of aliphatic carboxylic acids is 1. The molecule has 0 radical (unpaired) electrons. The third-order valence-electron chi connectivity index (χ3n) is 5.84. The summed E-state index contributed by atoms with van der Waals surface area (Å²) in [6, 6.07) is 0. The summed E-state index contributed by atoms with van der Waals surface area (Å²) in [5, 5.41) is 9.55. The number of carbonyl (C=O) groups is 1. The molecule has 1 rings (SSSR count). The first-order valence-electron chi connectivity index (χ1n) is 11.1. The van der Waals surface area contributed by atoms with Crippen LogP contribution in [-0.4, -0.2) is 29.6 Å². The van der Waals surface area contributed by atoms with Crippen molar-refractivity contribution >= 4 is 5.97 Å². The van der Waals surface area contributed by atoms with Gasteiger partial charge in [0.2, 0.25) is 0 Å². The van der Waals surface area contributed by atoms with Crippen LogP contribution in [0.2, 0.25) is 0 Å². The van der Waals surface area contributed by atoms with Gasteiger partial charge in [0.05, 0.1) is 18.6 Å². The number of carboxylic acid groups (broad SMARTS) is 1. The van der Waals surface area contributed by atoms with E-state index in [1.807, 2.05) is 13.8 Å². The molecule has 1 aliphatic heterocycles. The van der Waals surface area contributed by atoms with Crippen molar-refractivity contribution in [2.45, 2.75) is 111 Å². The number of rotatable bonds is 14. The van der Waals surface area contributed by atoms with E-state index in [1.165, 1.54) is 38.5 Å². The second kappa shape index (κ2) is 12.1. The highest BCUT2D eigenvalue weighted by molar-refractivity contribution is 5.69. The third-order valence-corrected chi connectivity index (χ3v) is 5.84. The van der Waals surface area contributed by atoms with Gasteiger partial charge in [-0.3, -0.25) is 4.79 Å². The minimum atomic E-state index is -0.700. The molecule has 0 aromatic heterocycles. The first-order chi connectivity index (χ1) is 12.6. The summed E-state index contributed by atoms with van der Waals surface area (Å²) in [6.07, 6.45) is 9.97. The van der Waals surface area contributed by atoms with Gasteiger partial charge in [-0.2, -0.15) is 0 Å². The lowest BCUT2D eigenvalue weighted by atomic mass is 9.89. The van der Waals surface area contributed by atoms with Crippen molar-refractivity contribution in [1.82, 2.24) is 0 Å². The zero-order valence-electron chi connectivity index (χ0n) is 18.6. The Balaban J connectivity index is 2.20. The monoisotopic (exact) mass is 384 g/mol. The normalized spacial score (nSPS) is 22.7. The Morgan fingerprint density at radius 2 is 1.52 bits per heavy atom. The van der Waals surface area contributed by atoms with Crippen LogP contribution in [0.1, 0.15) is 99.3 Å². The fourth-order valence-corrected chi connectivity index (χ4v) is 4.00. The van der Waals surface area contributed by atoms with Crippen LogP contribution >= 0.6 is 0 Å². The number of carboxylic acids is 1. The average molecular weight is 385 g/mol. The second-order valence-electron chi connectivity index (χ2n) is 9.76. The summed E-state index contributed by atoms with van der Waals surface area (Å²) in [5.74, 6) is 0.607. The van der Waals surface area contributed by atoms with Crippen LogP contribution in [0.3, 0.4) is 0 Å². The quantitative estimate of drug-likeness (QED) is 0.383. The molecule has 1 N–H and O–H groups in total. The molecule has 1 saturated heterocycles. The number of ether oxygens (including phenoxy) is 2. The Kier molecular flexibility index (Phi) is 10.9. The van der Waals surface area contributed by atoms with Crippen LogP contribution < -0.4 is 0 Å². The summed E-state index contributed by atoms with van der Waals surface area (Å²) in [6.45, 7) is 13.5. The SMILES string of the molecule is CC(C)CCCC(C)CCCC(C)CCC(CC1COC(C)(C)O1)C(=O)O. The fraction of sp³-hybridized carbons (Fsp3) is 0.957. The smallest absolute Gasteiger partial charge is 0.306 e. The third kappa shape index (κ3) is 11.1. The lowest BCUT2D eigenvalue weighted by Crippen LogP contribution is -2.25. The first kappa shape index (κ1) is 24.4. The molecule has 0 saturated carbocycles. The predicted octanol–water partition coefficient (Wildman–Crippen LogP) is 6.28. The van der Waals surface area contributed by atoms with Crippen LogP contribution in [0.25, 0.3) is 0 Å². The molecule has 4 atom stereocenters. The molecule has 4 heteroatoms. The van der Waals surface area contributed by atoms with Crippen molar-refractivity contribution in [1.29, 1.82) is 0 Å². The molecule has 0 aliphatic carbocycles. The van der Waals surface area contributed by atoms with E-state index >= 15 is 0 Å². The molecule has 1 fully saturated rings. The maximum absolute atomic E-state index is 11.6. The number of hydrogen-bond donors (Lipinski definition) is 1. The largest absolute Gasteiger partial charge is 0.481 e. The van der Waals surface area contributed by atoms with Crippen molar-refractivity contribution in [3.8, 4) is 0 Å². The van der Waals surface area contributed by atoms with E-state index in [2.05, 4.69) is 27.7 Å². The standard InChI is InChI=1S/C23H44O4/c1-17(2)9-7-10-18(3)11-8-12-19(4)13-14-20(22(24)25)15-21-16-26-23(5,6)27-21/h17-21H,7-16H2,1-6H3,(H,24,25). The van der Waals surface area contributed by atoms with E-state index in [4.69, 9.17) is 9.47 Å². The fourth-order valence-electron chi connectivity index (χ4n) is 4.00. The van der Waals surface area contributed by atoms with E-state index in [-0.39, 0.29) is 12.0 Å². The Morgan fingerprint density at radius 3 is 2.00 bits per heavy atom. The van der Waals surface area contributed by atoms with Crippen molar-refractivity contribution in [2.75, 3.05) is 6.61 Å². The summed E-state index contributed by atoms with van der Waals surface area (Å²) in [4.78, 5) is 11.6. The topological polar surface area (TPSA) is 55.8 Å². The molecule has 160 valence electrons. The summed E-state index contributed by atoms with van der Waals surface area (Å²) < 4.78 is 11.3. The van der Waals surface area contributed by atoms with E-state index in [9.17, 15) is 9.90 Å². The highest BCUT2D eigenvalue weighted by atomic mass is 16.7. The molecule has 4 nitrogen and oxygen atoms in total. The molecule has 0 aromatic carbocycles. The van der Waals surface area contributed by atoms with Gasteiger partial charge in [0.25, 0.3) is 0 Å². The first-order valence-corrected chi connectivity index (χ1v) is 11.1. The van der Waals surface area contributed by atoms with Gasteiger partial charge in [-0.05, 0) is 50.9 Å². The lowest BCUT2D eigenvalue weighted by Gasteiger charge is -2.20.